The molecule has 0 aliphatic rings. The topological polar surface area (TPSA) is 83.8 Å². The molecule has 66 valence electrons. The minimum atomic E-state index is -0.222. The van der Waals surface area contributed by atoms with Gasteiger partial charge < -0.3 is 16.0 Å². The van der Waals surface area contributed by atoms with Gasteiger partial charge in [0.15, 0.2) is 5.82 Å². The number of imidazole rings is 1. The Morgan fingerprint density at radius 2 is 2.42 bits per heavy atom. The lowest BCUT2D eigenvalue weighted by molar-refractivity contribution is 0.0939. The zero-order chi connectivity index (χ0) is 9.14. The van der Waals surface area contributed by atoms with E-state index in [2.05, 4.69) is 15.3 Å². The smallest absolute Gasteiger partial charge is 0.271 e. The highest BCUT2D eigenvalue weighted by Crippen LogP contribution is 2.03. The van der Waals surface area contributed by atoms with Gasteiger partial charge in [0.2, 0.25) is 0 Å². The Bertz CT molecular complexity index is 279. The van der Waals surface area contributed by atoms with Crippen LogP contribution in [0.4, 0.5) is 5.82 Å². The first-order chi connectivity index (χ1) is 5.61. The van der Waals surface area contributed by atoms with Crippen LogP contribution in [0.3, 0.4) is 0 Å². The summed E-state index contributed by atoms with van der Waals surface area (Å²) in [5, 5.41) is 2.70. The molecular weight excluding hydrogens is 156 g/mol. The molecular formula is C7H12N4O. The number of hydrogen-bond acceptors (Lipinski definition) is 3. The molecule has 0 unspecified atom stereocenters. The Labute approximate surface area is 70.4 Å². The van der Waals surface area contributed by atoms with Crippen molar-refractivity contribution in [2.75, 3.05) is 5.73 Å². The van der Waals surface area contributed by atoms with Crippen LogP contribution in [0.15, 0.2) is 6.33 Å². The highest BCUT2D eigenvalue weighted by Gasteiger charge is 2.11. The molecule has 12 heavy (non-hydrogen) atoms. The molecule has 0 saturated carbocycles. The average molecular weight is 168 g/mol. The Morgan fingerprint density at radius 3 is 2.83 bits per heavy atom. The molecule has 5 nitrogen and oxygen atoms in total. The van der Waals surface area contributed by atoms with Crippen LogP contribution in [0.5, 0.6) is 0 Å². The van der Waals surface area contributed by atoms with Crippen molar-refractivity contribution in [1.82, 2.24) is 15.3 Å². The van der Waals surface area contributed by atoms with Crippen LogP contribution in [0.2, 0.25) is 0 Å². The number of hydrogen-bond donors (Lipinski definition) is 3. The van der Waals surface area contributed by atoms with Crippen LogP contribution in [0, 0.1) is 0 Å². The van der Waals surface area contributed by atoms with Gasteiger partial charge in [0.25, 0.3) is 5.91 Å². The fourth-order valence-corrected chi connectivity index (χ4v) is 0.821. The fraction of sp³-hybridized carbons (Fsp3) is 0.429. The highest BCUT2D eigenvalue weighted by atomic mass is 16.2. The molecule has 1 rings (SSSR count). The van der Waals surface area contributed by atoms with Crippen molar-refractivity contribution in [1.29, 1.82) is 0 Å². The number of nitrogens with two attached hydrogens (primary N) is 1. The van der Waals surface area contributed by atoms with Gasteiger partial charge in [-0.15, -0.1) is 0 Å². The molecule has 0 fully saturated rings. The van der Waals surface area contributed by atoms with E-state index in [4.69, 9.17) is 5.73 Å². The van der Waals surface area contributed by atoms with Crippen molar-refractivity contribution in [2.24, 2.45) is 0 Å². The van der Waals surface area contributed by atoms with Gasteiger partial charge in [0, 0.05) is 6.04 Å². The van der Waals surface area contributed by atoms with Gasteiger partial charge in [-0.1, -0.05) is 0 Å². The molecule has 1 amide bonds. The normalized spacial score (nSPS) is 10.2. The summed E-state index contributed by atoms with van der Waals surface area (Å²) in [6.07, 6.45) is 1.39. The van der Waals surface area contributed by atoms with Crippen molar-refractivity contribution in [3.05, 3.63) is 12.0 Å². The van der Waals surface area contributed by atoms with Crippen LogP contribution < -0.4 is 11.1 Å². The van der Waals surface area contributed by atoms with Crippen molar-refractivity contribution in [3.63, 3.8) is 0 Å². The number of nitrogens with zero attached hydrogens (tertiary/aromatic N) is 1. The van der Waals surface area contributed by atoms with E-state index in [0.29, 0.717) is 5.69 Å². The van der Waals surface area contributed by atoms with Gasteiger partial charge in [-0.3, -0.25) is 4.79 Å². The Balaban J connectivity index is 2.72. The maximum atomic E-state index is 11.3. The Morgan fingerprint density at radius 1 is 1.75 bits per heavy atom. The summed E-state index contributed by atoms with van der Waals surface area (Å²) in [4.78, 5) is 17.6. The molecule has 0 radical (unpaired) electrons. The summed E-state index contributed by atoms with van der Waals surface area (Å²) in [7, 11) is 0. The molecule has 0 aliphatic carbocycles. The van der Waals surface area contributed by atoms with Crippen molar-refractivity contribution >= 4 is 11.7 Å². The number of carbonyl (C=O) groups excluding carboxylic acids is 1. The molecule has 5 heteroatoms. The van der Waals surface area contributed by atoms with Crippen molar-refractivity contribution in [3.8, 4) is 0 Å². The SMILES string of the molecule is CC(C)NC(=O)c1[nH]cnc1N. The van der Waals surface area contributed by atoms with Crippen molar-refractivity contribution < 1.29 is 4.79 Å². The molecule has 0 saturated heterocycles. The largest absolute Gasteiger partial charge is 0.382 e. The van der Waals surface area contributed by atoms with Crippen LogP contribution in [-0.2, 0) is 0 Å². The number of anilines is 1. The molecule has 0 bridgehead atoms. The second kappa shape index (κ2) is 3.25. The minimum absolute atomic E-state index is 0.0974. The van der Waals surface area contributed by atoms with E-state index in [1.54, 1.807) is 0 Å². The molecule has 0 aliphatic heterocycles. The van der Waals surface area contributed by atoms with Gasteiger partial charge in [-0.25, -0.2) is 4.98 Å². The van der Waals surface area contributed by atoms with Gasteiger partial charge in [0.05, 0.1) is 6.33 Å². The maximum absolute atomic E-state index is 11.3. The zero-order valence-corrected chi connectivity index (χ0v) is 7.09. The fourth-order valence-electron chi connectivity index (χ4n) is 0.821. The van der Waals surface area contributed by atoms with E-state index in [9.17, 15) is 4.79 Å². The Hall–Kier alpha value is -1.52. The first-order valence-electron chi connectivity index (χ1n) is 3.71. The van der Waals surface area contributed by atoms with E-state index >= 15 is 0 Å². The maximum Gasteiger partial charge on any atom is 0.271 e. The number of nitrogen functional groups attached to an aromatic ring is 1. The number of H-pyrrole nitrogens is 1. The number of carbonyl (C=O) groups is 1. The van der Waals surface area contributed by atoms with Crippen LogP contribution in [0.1, 0.15) is 24.3 Å². The van der Waals surface area contributed by atoms with Gasteiger partial charge in [-0.2, -0.15) is 0 Å². The lowest BCUT2D eigenvalue weighted by Gasteiger charge is -2.06. The van der Waals surface area contributed by atoms with Crippen LogP contribution in [-0.4, -0.2) is 21.9 Å². The minimum Gasteiger partial charge on any atom is -0.382 e. The lowest BCUT2D eigenvalue weighted by atomic mass is 10.3. The number of amides is 1. The summed E-state index contributed by atoms with van der Waals surface area (Å²) >= 11 is 0. The third-order valence-electron chi connectivity index (χ3n) is 1.32. The van der Waals surface area contributed by atoms with Crippen LogP contribution in [0.25, 0.3) is 0 Å². The summed E-state index contributed by atoms with van der Waals surface area (Å²) in [6.45, 7) is 3.76. The zero-order valence-electron chi connectivity index (χ0n) is 7.09. The van der Waals surface area contributed by atoms with Gasteiger partial charge >= 0.3 is 0 Å². The van der Waals surface area contributed by atoms with Gasteiger partial charge in [-0.05, 0) is 13.8 Å². The van der Waals surface area contributed by atoms with E-state index in [1.807, 2.05) is 13.8 Å². The highest BCUT2D eigenvalue weighted by molar-refractivity contribution is 5.96. The quantitative estimate of drug-likeness (QED) is 0.587. The molecule has 1 aromatic rings. The summed E-state index contributed by atoms with van der Waals surface area (Å²) in [6, 6.07) is 0.0974. The standard InChI is InChI=1S/C7H12N4O/c1-4(2)11-7(12)5-6(8)10-3-9-5/h3-4H,8H2,1-2H3,(H,9,10)(H,11,12). The number of nitrogens with one attached hydrogen (secondary N) is 2. The molecule has 1 heterocycles. The summed E-state index contributed by atoms with van der Waals surface area (Å²) in [5.74, 6) is 0.00755. The molecule has 0 aromatic carbocycles. The van der Waals surface area contributed by atoms with Gasteiger partial charge in [0.1, 0.15) is 5.69 Å². The third kappa shape index (κ3) is 1.75. The summed E-state index contributed by atoms with van der Waals surface area (Å²) < 4.78 is 0. The first kappa shape index (κ1) is 8.58. The monoisotopic (exact) mass is 168 g/mol. The first-order valence-corrected chi connectivity index (χ1v) is 3.71. The van der Waals surface area contributed by atoms with E-state index in [1.165, 1.54) is 6.33 Å². The van der Waals surface area contributed by atoms with E-state index < -0.39 is 0 Å². The van der Waals surface area contributed by atoms with E-state index in [0.717, 1.165) is 0 Å². The second-order valence-corrected chi connectivity index (χ2v) is 2.79. The number of aromatic nitrogens is 2. The molecule has 4 N–H and O–H groups in total. The lowest BCUT2D eigenvalue weighted by Crippen LogP contribution is -2.30. The second-order valence-electron chi connectivity index (χ2n) is 2.79. The number of aromatic amines is 1. The van der Waals surface area contributed by atoms with Crippen LogP contribution >= 0.6 is 0 Å². The predicted octanol–water partition coefficient (Wildman–Crippen LogP) is 0.130. The van der Waals surface area contributed by atoms with Crippen molar-refractivity contribution in [2.45, 2.75) is 19.9 Å². The third-order valence-corrected chi connectivity index (χ3v) is 1.32. The average Bonchev–Trinajstić information content (AvgIpc) is 2.33. The summed E-state index contributed by atoms with van der Waals surface area (Å²) in [5.41, 5.74) is 5.74. The number of rotatable bonds is 2. The predicted molar refractivity (Wildman–Crippen MR) is 45.6 cm³/mol. The Kier molecular flexibility index (Phi) is 2.32. The molecule has 0 spiro atoms. The molecule has 0 atom stereocenters. The molecule has 1 aromatic heterocycles. The van der Waals surface area contributed by atoms with E-state index in [-0.39, 0.29) is 17.8 Å².